The predicted molar refractivity (Wildman–Crippen MR) is 72.9 cm³/mol. The second kappa shape index (κ2) is 7.01. The van der Waals surface area contributed by atoms with E-state index in [1.165, 1.54) is 0 Å². The molecule has 1 fully saturated rings. The summed E-state index contributed by atoms with van der Waals surface area (Å²) in [6.45, 7) is 7.02. The van der Waals surface area contributed by atoms with Gasteiger partial charge in [-0.05, 0) is 26.1 Å². The summed E-state index contributed by atoms with van der Waals surface area (Å²) in [5, 5.41) is 0. The van der Waals surface area contributed by atoms with E-state index in [9.17, 15) is 4.79 Å². The number of carbonyl (C=O) groups excluding carboxylic acids is 1. The summed E-state index contributed by atoms with van der Waals surface area (Å²) in [7, 11) is 3.64. The Balaban J connectivity index is 2.48. The number of rotatable bonds is 5. The molecule has 1 aliphatic heterocycles. The highest BCUT2D eigenvalue weighted by Gasteiger charge is 2.25. The standard InChI is InChI=1S/C14H22N2O2/c1-5-13(18-4)8-6-7-9-16-11-15(3)12(2)10-14(16)17/h5-8,12H,1,9-11H2,2-4H3/b7-6+,13-8+. The molecule has 0 radical (unpaired) electrons. The van der Waals surface area contributed by atoms with E-state index in [0.29, 0.717) is 31.4 Å². The molecule has 0 spiro atoms. The summed E-state index contributed by atoms with van der Waals surface area (Å²) in [4.78, 5) is 15.8. The number of carbonyl (C=O) groups is 1. The van der Waals surface area contributed by atoms with E-state index in [-0.39, 0.29) is 5.91 Å². The van der Waals surface area contributed by atoms with Crippen LogP contribution in [0.2, 0.25) is 0 Å². The van der Waals surface area contributed by atoms with Gasteiger partial charge in [0.1, 0.15) is 5.76 Å². The molecule has 1 aliphatic rings. The molecule has 1 saturated heterocycles. The molecule has 1 unspecified atom stereocenters. The first-order valence-electron chi connectivity index (χ1n) is 6.09. The second-order valence-corrected chi connectivity index (χ2v) is 4.47. The van der Waals surface area contributed by atoms with Crippen LogP contribution < -0.4 is 0 Å². The third-order valence-corrected chi connectivity index (χ3v) is 3.13. The zero-order chi connectivity index (χ0) is 13.5. The van der Waals surface area contributed by atoms with Gasteiger partial charge in [0, 0.05) is 19.0 Å². The first-order valence-corrected chi connectivity index (χ1v) is 6.09. The van der Waals surface area contributed by atoms with Gasteiger partial charge in [-0.25, -0.2) is 0 Å². The fourth-order valence-electron chi connectivity index (χ4n) is 1.76. The van der Waals surface area contributed by atoms with Gasteiger partial charge in [-0.15, -0.1) is 0 Å². The number of hydrogen-bond acceptors (Lipinski definition) is 3. The second-order valence-electron chi connectivity index (χ2n) is 4.47. The van der Waals surface area contributed by atoms with Gasteiger partial charge in [-0.2, -0.15) is 0 Å². The molecule has 100 valence electrons. The van der Waals surface area contributed by atoms with E-state index in [2.05, 4.69) is 18.4 Å². The summed E-state index contributed by atoms with van der Waals surface area (Å²) in [5.41, 5.74) is 0. The lowest BCUT2D eigenvalue weighted by Gasteiger charge is -2.37. The summed E-state index contributed by atoms with van der Waals surface area (Å²) >= 11 is 0. The van der Waals surface area contributed by atoms with Crippen molar-refractivity contribution >= 4 is 5.91 Å². The molecule has 0 aliphatic carbocycles. The van der Waals surface area contributed by atoms with Gasteiger partial charge in [-0.3, -0.25) is 9.69 Å². The molecule has 1 heterocycles. The van der Waals surface area contributed by atoms with E-state index in [0.717, 1.165) is 0 Å². The molecular formula is C14H22N2O2. The molecule has 1 atom stereocenters. The lowest BCUT2D eigenvalue weighted by Crippen LogP contribution is -2.50. The summed E-state index contributed by atoms with van der Waals surface area (Å²) in [6.07, 6.45) is 7.89. The van der Waals surface area contributed by atoms with Crippen LogP contribution in [0.4, 0.5) is 0 Å². The zero-order valence-corrected chi connectivity index (χ0v) is 11.4. The highest BCUT2D eigenvalue weighted by atomic mass is 16.5. The Hall–Kier alpha value is -1.55. The van der Waals surface area contributed by atoms with Crippen LogP contribution in [0, 0.1) is 0 Å². The maximum Gasteiger partial charge on any atom is 0.225 e. The molecule has 0 saturated carbocycles. The number of amides is 1. The lowest BCUT2D eigenvalue weighted by atomic mass is 10.1. The molecule has 18 heavy (non-hydrogen) atoms. The number of methoxy groups -OCH3 is 1. The Bertz CT molecular complexity index is 361. The Morgan fingerprint density at radius 3 is 2.94 bits per heavy atom. The molecule has 0 N–H and O–H groups in total. The third kappa shape index (κ3) is 4.04. The first-order chi connectivity index (χ1) is 8.58. The molecule has 1 amide bonds. The van der Waals surface area contributed by atoms with Crippen molar-refractivity contribution in [3.8, 4) is 0 Å². The number of hydrogen-bond donors (Lipinski definition) is 0. The number of allylic oxidation sites excluding steroid dienone is 3. The number of nitrogens with zero attached hydrogens (tertiary/aromatic N) is 2. The maximum atomic E-state index is 11.8. The molecule has 1 rings (SSSR count). The van der Waals surface area contributed by atoms with Crippen LogP contribution in [0.25, 0.3) is 0 Å². The van der Waals surface area contributed by atoms with Gasteiger partial charge in [0.2, 0.25) is 5.91 Å². The van der Waals surface area contributed by atoms with Gasteiger partial charge in [-0.1, -0.05) is 18.7 Å². The zero-order valence-electron chi connectivity index (χ0n) is 11.4. The van der Waals surface area contributed by atoms with Crippen molar-refractivity contribution in [3.05, 3.63) is 36.6 Å². The van der Waals surface area contributed by atoms with Gasteiger partial charge < -0.3 is 9.64 Å². The average molecular weight is 250 g/mol. The minimum Gasteiger partial charge on any atom is -0.497 e. The van der Waals surface area contributed by atoms with Crippen molar-refractivity contribution in [1.29, 1.82) is 0 Å². The van der Waals surface area contributed by atoms with E-state index in [1.807, 2.05) is 30.2 Å². The Labute approximate surface area is 109 Å². The lowest BCUT2D eigenvalue weighted by molar-refractivity contribution is -0.138. The van der Waals surface area contributed by atoms with Crippen molar-refractivity contribution in [1.82, 2.24) is 9.80 Å². The average Bonchev–Trinajstić information content (AvgIpc) is 2.35. The minimum atomic E-state index is 0.213. The van der Waals surface area contributed by atoms with Crippen LogP contribution >= 0.6 is 0 Å². The predicted octanol–water partition coefficient (Wildman–Crippen LogP) is 1.77. The molecular weight excluding hydrogens is 228 g/mol. The van der Waals surface area contributed by atoms with Crippen molar-refractivity contribution in [2.75, 3.05) is 27.4 Å². The number of ether oxygens (including phenoxy) is 1. The van der Waals surface area contributed by atoms with Gasteiger partial charge in [0.15, 0.2) is 0 Å². The third-order valence-electron chi connectivity index (χ3n) is 3.13. The van der Waals surface area contributed by atoms with Crippen LogP contribution in [-0.2, 0) is 9.53 Å². The Morgan fingerprint density at radius 1 is 1.61 bits per heavy atom. The molecule has 0 bridgehead atoms. The maximum absolute atomic E-state index is 11.8. The van der Waals surface area contributed by atoms with Crippen LogP contribution in [0.1, 0.15) is 13.3 Å². The largest absolute Gasteiger partial charge is 0.497 e. The van der Waals surface area contributed by atoms with Crippen LogP contribution in [0.5, 0.6) is 0 Å². The van der Waals surface area contributed by atoms with E-state index < -0.39 is 0 Å². The van der Waals surface area contributed by atoms with Crippen LogP contribution in [0.15, 0.2) is 36.6 Å². The molecule has 0 aromatic heterocycles. The molecule has 4 nitrogen and oxygen atoms in total. The van der Waals surface area contributed by atoms with Crippen molar-refractivity contribution in [2.24, 2.45) is 0 Å². The fourth-order valence-corrected chi connectivity index (χ4v) is 1.76. The van der Waals surface area contributed by atoms with Gasteiger partial charge in [0.25, 0.3) is 0 Å². The highest BCUT2D eigenvalue weighted by Crippen LogP contribution is 2.12. The van der Waals surface area contributed by atoms with E-state index >= 15 is 0 Å². The summed E-state index contributed by atoms with van der Waals surface area (Å²) in [6, 6.07) is 0.332. The molecule has 0 aromatic carbocycles. The normalized spacial score (nSPS) is 22.6. The topological polar surface area (TPSA) is 32.8 Å². The van der Waals surface area contributed by atoms with Crippen molar-refractivity contribution in [3.63, 3.8) is 0 Å². The van der Waals surface area contributed by atoms with Crippen LogP contribution in [-0.4, -0.2) is 49.1 Å². The summed E-state index contributed by atoms with van der Waals surface area (Å²) in [5.74, 6) is 0.923. The van der Waals surface area contributed by atoms with Crippen molar-refractivity contribution < 1.29 is 9.53 Å². The van der Waals surface area contributed by atoms with E-state index in [4.69, 9.17) is 4.74 Å². The Kier molecular flexibility index (Phi) is 5.65. The van der Waals surface area contributed by atoms with Gasteiger partial charge >= 0.3 is 0 Å². The highest BCUT2D eigenvalue weighted by molar-refractivity contribution is 5.77. The fraction of sp³-hybridized carbons (Fsp3) is 0.500. The molecule has 0 aromatic rings. The monoisotopic (exact) mass is 250 g/mol. The summed E-state index contributed by atoms with van der Waals surface area (Å²) < 4.78 is 5.05. The SMILES string of the molecule is C=C/C(=C\C=C\CN1CN(C)C(C)CC1=O)OC. The van der Waals surface area contributed by atoms with Crippen molar-refractivity contribution in [2.45, 2.75) is 19.4 Å². The quantitative estimate of drug-likeness (QED) is 0.550. The van der Waals surface area contributed by atoms with E-state index in [1.54, 1.807) is 13.2 Å². The first kappa shape index (κ1) is 14.5. The Morgan fingerprint density at radius 2 is 2.33 bits per heavy atom. The molecule has 4 heteroatoms. The smallest absolute Gasteiger partial charge is 0.225 e. The van der Waals surface area contributed by atoms with Crippen LogP contribution in [0.3, 0.4) is 0 Å². The minimum absolute atomic E-state index is 0.213. The van der Waals surface area contributed by atoms with Gasteiger partial charge in [0.05, 0.1) is 13.8 Å².